The number of nitrogens with two attached hydrogens (primary N) is 1. The zero-order valence-corrected chi connectivity index (χ0v) is 13.6. The first-order chi connectivity index (χ1) is 11.4. The van der Waals surface area contributed by atoms with E-state index in [1.54, 1.807) is 0 Å². The summed E-state index contributed by atoms with van der Waals surface area (Å²) in [5, 5.41) is 11.9. The van der Waals surface area contributed by atoms with Crippen LogP contribution in [0, 0.1) is 0 Å². The van der Waals surface area contributed by atoms with E-state index in [1.165, 1.54) is 11.8 Å². The molecule has 0 radical (unpaired) electrons. The molecule has 0 bridgehead atoms. The van der Waals surface area contributed by atoms with Gasteiger partial charge in [-0.3, -0.25) is 9.59 Å². The molecule has 0 aliphatic carbocycles. The molecular weight excluding hydrogens is 310 g/mol. The van der Waals surface area contributed by atoms with Gasteiger partial charge in [-0.25, -0.2) is 4.79 Å². The fourth-order valence-electron chi connectivity index (χ4n) is 2.84. The molecule has 2 amide bonds. The second-order valence-electron chi connectivity index (χ2n) is 6.07. The molecule has 7 heteroatoms. The molecule has 0 aromatic heterocycles. The van der Waals surface area contributed by atoms with Gasteiger partial charge in [0.15, 0.2) is 0 Å². The summed E-state index contributed by atoms with van der Waals surface area (Å²) in [5.74, 6) is -1.83. The highest BCUT2D eigenvalue weighted by Crippen LogP contribution is 2.19. The average molecular weight is 333 g/mol. The molecule has 0 unspecified atom stereocenters. The molecule has 4 N–H and O–H groups in total. The van der Waals surface area contributed by atoms with Crippen LogP contribution in [-0.2, 0) is 20.8 Å². The Kier molecular flexibility index (Phi) is 5.92. The largest absolute Gasteiger partial charge is 0.480 e. The van der Waals surface area contributed by atoms with Gasteiger partial charge in [-0.15, -0.1) is 0 Å². The van der Waals surface area contributed by atoms with E-state index in [0.29, 0.717) is 25.8 Å². The molecule has 1 aromatic carbocycles. The smallest absolute Gasteiger partial charge is 0.326 e. The van der Waals surface area contributed by atoms with Gasteiger partial charge in [0.05, 0.1) is 6.04 Å². The highest BCUT2D eigenvalue weighted by molar-refractivity contribution is 5.92. The number of nitrogens with one attached hydrogen (secondary N) is 1. The number of carboxylic acid groups (broad SMARTS) is 1. The molecule has 1 heterocycles. The molecule has 2 rings (SSSR count). The summed E-state index contributed by atoms with van der Waals surface area (Å²) in [6.45, 7) is 1.92. The highest BCUT2D eigenvalue weighted by Gasteiger charge is 2.37. The minimum Gasteiger partial charge on any atom is -0.480 e. The molecule has 1 saturated heterocycles. The van der Waals surface area contributed by atoms with Crippen molar-refractivity contribution in [2.24, 2.45) is 5.73 Å². The van der Waals surface area contributed by atoms with Crippen LogP contribution in [0.25, 0.3) is 0 Å². The van der Waals surface area contributed by atoms with Crippen molar-refractivity contribution in [3.63, 3.8) is 0 Å². The number of amides is 2. The second kappa shape index (κ2) is 7.92. The van der Waals surface area contributed by atoms with E-state index >= 15 is 0 Å². The van der Waals surface area contributed by atoms with E-state index in [-0.39, 0.29) is 5.91 Å². The molecule has 1 aliphatic rings. The van der Waals surface area contributed by atoms with E-state index in [1.807, 2.05) is 30.3 Å². The summed E-state index contributed by atoms with van der Waals surface area (Å²) < 4.78 is 0. The van der Waals surface area contributed by atoms with E-state index in [2.05, 4.69) is 5.32 Å². The van der Waals surface area contributed by atoms with E-state index in [4.69, 9.17) is 5.73 Å². The minimum atomic E-state index is -1.02. The Balaban J connectivity index is 2.19. The number of benzene rings is 1. The van der Waals surface area contributed by atoms with Crippen molar-refractivity contribution in [1.82, 2.24) is 10.2 Å². The molecule has 0 saturated carbocycles. The number of carbonyl (C=O) groups excluding carboxylic acids is 2. The van der Waals surface area contributed by atoms with Gasteiger partial charge in [0, 0.05) is 13.0 Å². The van der Waals surface area contributed by atoms with Gasteiger partial charge in [-0.2, -0.15) is 0 Å². The van der Waals surface area contributed by atoms with Crippen LogP contribution in [0.2, 0.25) is 0 Å². The predicted octanol–water partition coefficient (Wildman–Crippen LogP) is 0.137. The molecule has 24 heavy (non-hydrogen) atoms. The van der Waals surface area contributed by atoms with Crippen molar-refractivity contribution in [3.05, 3.63) is 35.9 Å². The number of likely N-dealkylation sites (tertiary alicyclic amines) is 1. The Bertz CT molecular complexity index is 603. The van der Waals surface area contributed by atoms with E-state index in [9.17, 15) is 19.5 Å². The molecule has 1 fully saturated rings. The van der Waals surface area contributed by atoms with Crippen LogP contribution in [0.1, 0.15) is 25.3 Å². The Morgan fingerprint density at radius 3 is 2.58 bits per heavy atom. The first kappa shape index (κ1) is 17.9. The predicted molar refractivity (Wildman–Crippen MR) is 88.1 cm³/mol. The van der Waals surface area contributed by atoms with Crippen LogP contribution in [-0.4, -0.2) is 52.5 Å². The van der Waals surface area contributed by atoms with Crippen LogP contribution in [0.5, 0.6) is 0 Å². The van der Waals surface area contributed by atoms with Crippen molar-refractivity contribution < 1.29 is 19.5 Å². The fourth-order valence-corrected chi connectivity index (χ4v) is 2.84. The SMILES string of the molecule is C[C@H](N)C(=O)N[C@H](Cc1ccccc1)C(=O)N1CCC[C@H]1C(=O)O. The lowest BCUT2D eigenvalue weighted by atomic mass is 10.0. The summed E-state index contributed by atoms with van der Waals surface area (Å²) in [7, 11) is 0. The molecule has 7 nitrogen and oxygen atoms in total. The van der Waals surface area contributed by atoms with Crippen LogP contribution in [0.15, 0.2) is 30.3 Å². The van der Waals surface area contributed by atoms with Crippen molar-refractivity contribution in [2.45, 2.75) is 44.3 Å². The Morgan fingerprint density at radius 1 is 1.33 bits per heavy atom. The maximum atomic E-state index is 12.8. The standard InChI is InChI=1S/C17H23N3O4/c1-11(18)15(21)19-13(10-12-6-3-2-4-7-12)16(22)20-9-5-8-14(20)17(23)24/h2-4,6-7,11,13-14H,5,8-10,18H2,1H3,(H,19,21)(H,23,24)/t11-,13+,14-/m0/s1. The second-order valence-corrected chi connectivity index (χ2v) is 6.07. The lowest BCUT2D eigenvalue weighted by molar-refractivity contribution is -0.149. The Hall–Kier alpha value is -2.41. The molecule has 0 spiro atoms. The summed E-state index contributed by atoms with van der Waals surface area (Å²) in [6.07, 6.45) is 1.36. The number of nitrogens with zero attached hydrogens (tertiary/aromatic N) is 1. The van der Waals surface area contributed by atoms with Crippen LogP contribution < -0.4 is 11.1 Å². The zero-order valence-electron chi connectivity index (χ0n) is 13.6. The normalized spacial score (nSPS) is 19.6. The summed E-state index contributed by atoms with van der Waals surface area (Å²) in [4.78, 5) is 37.5. The first-order valence-corrected chi connectivity index (χ1v) is 8.03. The summed E-state index contributed by atoms with van der Waals surface area (Å²) >= 11 is 0. The van der Waals surface area contributed by atoms with Gasteiger partial charge in [0.1, 0.15) is 12.1 Å². The summed E-state index contributed by atoms with van der Waals surface area (Å²) in [5.41, 5.74) is 6.46. The average Bonchev–Trinajstić information content (AvgIpc) is 3.04. The molecule has 130 valence electrons. The highest BCUT2D eigenvalue weighted by atomic mass is 16.4. The number of carbonyl (C=O) groups is 3. The van der Waals surface area contributed by atoms with E-state index in [0.717, 1.165) is 5.56 Å². The summed E-state index contributed by atoms with van der Waals surface area (Å²) in [6, 6.07) is 6.87. The van der Waals surface area contributed by atoms with Crippen molar-refractivity contribution in [2.75, 3.05) is 6.54 Å². The maximum absolute atomic E-state index is 12.8. The van der Waals surface area contributed by atoms with Crippen molar-refractivity contribution >= 4 is 17.8 Å². The van der Waals surface area contributed by atoms with Gasteiger partial charge in [0.25, 0.3) is 0 Å². The van der Waals surface area contributed by atoms with Gasteiger partial charge in [-0.05, 0) is 25.3 Å². The number of aliphatic carboxylic acids is 1. The van der Waals surface area contributed by atoms with Crippen molar-refractivity contribution in [1.29, 1.82) is 0 Å². The number of carboxylic acids is 1. The molecule has 1 aromatic rings. The van der Waals surface area contributed by atoms with E-state index < -0.39 is 30.0 Å². The van der Waals surface area contributed by atoms with Gasteiger partial charge in [-0.1, -0.05) is 30.3 Å². The van der Waals surface area contributed by atoms with Crippen LogP contribution >= 0.6 is 0 Å². The van der Waals surface area contributed by atoms with Gasteiger partial charge >= 0.3 is 5.97 Å². The van der Waals surface area contributed by atoms with Crippen LogP contribution in [0.4, 0.5) is 0 Å². The lowest BCUT2D eigenvalue weighted by Gasteiger charge is -2.28. The Labute approximate surface area is 140 Å². The number of hydrogen-bond acceptors (Lipinski definition) is 4. The van der Waals surface area contributed by atoms with Crippen molar-refractivity contribution in [3.8, 4) is 0 Å². The minimum absolute atomic E-state index is 0.293. The lowest BCUT2D eigenvalue weighted by Crippen LogP contribution is -2.54. The maximum Gasteiger partial charge on any atom is 0.326 e. The molecule has 1 aliphatic heterocycles. The first-order valence-electron chi connectivity index (χ1n) is 8.03. The monoisotopic (exact) mass is 333 g/mol. The fraction of sp³-hybridized carbons (Fsp3) is 0.471. The number of hydrogen-bond donors (Lipinski definition) is 3. The third-order valence-corrected chi connectivity index (χ3v) is 4.13. The topological polar surface area (TPSA) is 113 Å². The third-order valence-electron chi connectivity index (χ3n) is 4.13. The zero-order chi connectivity index (χ0) is 17.7. The number of rotatable bonds is 6. The Morgan fingerprint density at radius 2 is 2.00 bits per heavy atom. The van der Waals surface area contributed by atoms with Gasteiger partial charge in [0.2, 0.25) is 11.8 Å². The molecular formula is C17H23N3O4. The quantitative estimate of drug-likeness (QED) is 0.685. The molecule has 3 atom stereocenters. The van der Waals surface area contributed by atoms with Gasteiger partial charge < -0.3 is 21.1 Å². The third kappa shape index (κ3) is 4.32. The van der Waals surface area contributed by atoms with Crippen LogP contribution in [0.3, 0.4) is 0 Å².